The first-order valence-corrected chi connectivity index (χ1v) is 5.23. The minimum Gasteiger partial charge on any atom is -0.399 e. The normalized spacial score (nSPS) is 11.3. The summed E-state index contributed by atoms with van der Waals surface area (Å²) in [5, 5.41) is 0.288. The number of benzene rings is 1. The van der Waals surface area contributed by atoms with E-state index in [2.05, 4.69) is 0 Å². The minimum absolute atomic E-state index is 0.0312. The fraction of sp³-hybridized carbons (Fsp3) is 0.400. The van der Waals surface area contributed by atoms with Crippen LogP contribution in [-0.4, -0.2) is 5.25 Å². The second-order valence-electron chi connectivity index (χ2n) is 3.26. The molecule has 0 aliphatic carbocycles. The van der Waals surface area contributed by atoms with E-state index in [1.807, 2.05) is 13.8 Å². The van der Waals surface area contributed by atoms with Crippen LogP contribution in [0.3, 0.4) is 0 Å². The number of thioether (sulfide) groups is 1. The third kappa shape index (κ3) is 2.87. The summed E-state index contributed by atoms with van der Waals surface area (Å²) in [6.45, 7) is 3.94. The van der Waals surface area contributed by atoms with Crippen LogP contribution in [-0.2, 0) is 0 Å². The Bertz CT molecular complexity index is 313. The van der Waals surface area contributed by atoms with Crippen molar-refractivity contribution in [3.8, 4) is 0 Å². The van der Waals surface area contributed by atoms with Gasteiger partial charge in [-0.3, -0.25) is 0 Å². The van der Waals surface area contributed by atoms with E-state index in [0.29, 0.717) is 10.6 Å². The molecule has 0 radical (unpaired) electrons. The molecule has 0 saturated carbocycles. The molecule has 0 spiro atoms. The maximum atomic E-state index is 12.6. The SMILES string of the molecule is CC(C)Sc1ccc(N)cc1C(F)F. The summed E-state index contributed by atoms with van der Waals surface area (Å²) in [6, 6.07) is 4.65. The summed E-state index contributed by atoms with van der Waals surface area (Å²) in [6.07, 6.45) is -2.46. The largest absolute Gasteiger partial charge is 0.399 e. The molecule has 4 heteroatoms. The molecule has 0 aromatic heterocycles. The number of alkyl halides is 2. The minimum atomic E-state index is -2.46. The lowest BCUT2D eigenvalue weighted by Crippen LogP contribution is -1.95. The zero-order valence-corrected chi connectivity index (χ0v) is 8.94. The lowest BCUT2D eigenvalue weighted by atomic mass is 10.2. The van der Waals surface area contributed by atoms with Crippen LogP contribution >= 0.6 is 11.8 Å². The zero-order chi connectivity index (χ0) is 10.7. The molecule has 1 rings (SSSR count). The first kappa shape index (κ1) is 11.3. The van der Waals surface area contributed by atoms with E-state index in [-0.39, 0.29) is 10.8 Å². The van der Waals surface area contributed by atoms with Crippen LogP contribution in [0, 0.1) is 0 Å². The molecule has 0 bridgehead atoms. The molecule has 0 aliphatic heterocycles. The van der Waals surface area contributed by atoms with Gasteiger partial charge in [0.2, 0.25) is 0 Å². The molecule has 0 atom stereocenters. The first-order valence-electron chi connectivity index (χ1n) is 4.35. The lowest BCUT2D eigenvalue weighted by Gasteiger charge is -2.11. The van der Waals surface area contributed by atoms with Gasteiger partial charge in [-0.25, -0.2) is 8.78 Å². The average Bonchev–Trinajstić information content (AvgIpc) is 2.07. The van der Waals surface area contributed by atoms with Crippen molar-refractivity contribution in [1.82, 2.24) is 0 Å². The monoisotopic (exact) mass is 217 g/mol. The second kappa shape index (κ2) is 4.64. The van der Waals surface area contributed by atoms with E-state index < -0.39 is 6.43 Å². The highest BCUT2D eigenvalue weighted by Gasteiger charge is 2.14. The molecule has 0 heterocycles. The predicted molar refractivity (Wildman–Crippen MR) is 56.8 cm³/mol. The van der Waals surface area contributed by atoms with Gasteiger partial charge in [0.25, 0.3) is 6.43 Å². The number of nitrogen functional groups attached to an aromatic ring is 1. The van der Waals surface area contributed by atoms with Crippen molar-refractivity contribution in [3.63, 3.8) is 0 Å². The van der Waals surface area contributed by atoms with Crippen LogP contribution in [0.5, 0.6) is 0 Å². The fourth-order valence-electron chi connectivity index (χ4n) is 1.10. The maximum Gasteiger partial charge on any atom is 0.265 e. The molecule has 1 aromatic carbocycles. The molecule has 0 fully saturated rings. The van der Waals surface area contributed by atoms with Crippen LogP contribution in [0.1, 0.15) is 25.8 Å². The van der Waals surface area contributed by atoms with Gasteiger partial charge in [0.15, 0.2) is 0 Å². The molecule has 0 aliphatic rings. The number of halogens is 2. The van der Waals surface area contributed by atoms with Crippen LogP contribution in [0.15, 0.2) is 23.1 Å². The van der Waals surface area contributed by atoms with Gasteiger partial charge in [0.1, 0.15) is 0 Å². The number of hydrogen-bond acceptors (Lipinski definition) is 2. The van der Waals surface area contributed by atoms with Crippen molar-refractivity contribution in [3.05, 3.63) is 23.8 Å². The van der Waals surface area contributed by atoms with Crippen LogP contribution < -0.4 is 5.73 Å². The van der Waals surface area contributed by atoms with Gasteiger partial charge in [0.05, 0.1) is 0 Å². The number of nitrogens with two attached hydrogens (primary N) is 1. The highest BCUT2D eigenvalue weighted by Crippen LogP contribution is 2.33. The third-order valence-electron chi connectivity index (χ3n) is 1.63. The standard InChI is InChI=1S/C10H13F2NS/c1-6(2)14-9-4-3-7(13)5-8(9)10(11)12/h3-6,10H,13H2,1-2H3. The van der Waals surface area contributed by atoms with E-state index in [1.165, 1.54) is 17.8 Å². The molecule has 0 amide bonds. The number of anilines is 1. The number of hydrogen-bond donors (Lipinski definition) is 1. The number of rotatable bonds is 3. The highest BCUT2D eigenvalue weighted by atomic mass is 32.2. The van der Waals surface area contributed by atoms with Gasteiger partial charge in [-0.15, -0.1) is 11.8 Å². The van der Waals surface area contributed by atoms with Crippen molar-refractivity contribution in [1.29, 1.82) is 0 Å². The van der Waals surface area contributed by atoms with E-state index in [4.69, 9.17) is 5.73 Å². The molecule has 0 saturated heterocycles. The molecule has 1 nitrogen and oxygen atoms in total. The van der Waals surface area contributed by atoms with Gasteiger partial charge in [0, 0.05) is 21.4 Å². The van der Waals surface area contributed by atoms with Crippen molar-refractivity contribution >= 4 is 17.4 Å². The Labute approximate surface area is 86.7 Å². The Morgan fingerprint density at radius 2 is 1.93 bits per heavy atom. The van der Waals surface area contributed by atoms with Gasteiger partial charge >= 0.3 is 0 Å². The fourth-order valence-corrected chi connectivity index (χ4v) is 2.04. The molecule has 1 aromatic rings. The van der Waals surface area contributed by atoms with Crippen molar-refractivity contribution in [2.24, 2.45) is 0 Å². The Kier molecular flexibility index (Phi) is 3.75. The Hall–Kier alpha value is -0.770. The Balaban J connectivity index is 3.02. The summed E-state index contributed by atoms with van der Waals surface area (Å²) in [7, 11) is 0. The van der Waals surface area contributed by atoms with Gasteiger partial charge < -0.3 is 5.73 Å². The predicted octanol–water partition coefficient (Wildman–Crippen LogP) is 3.71. The van der Waals surface area contributed by atoms with Gasteiger partial charge in [-0.2, -0.15) is 0 Å². The smallest absolute Gasteiger partial charge is 0.265 e. The molecule has 0 unspecified atom stereocenters. The van der Waals surface area contributed by atoms with E-state index in [0.717, 1.165) is 0 Å². The van der Waals surface area contributed by atoms with Crippen molar-refractivity contribution in [2.75, 3.05) is 5.73 Å². The summed E-state index contributed by atoms with van der Waals surface area (Å²) in [5.41, 5.74) is 5.87. The summed E-state index contributed by atoms with van der Waals surface area (Å²) < 4.78 is 25.2. The topological polar surface area (TPSA) is 26.0 Å². The Morgan fingerprint density at radius 3 is 2.43 bits per heavy atom. The summed E-state index contributed by atoms with van der Waals surface area (Å²) >= 11 is 1.43. The van der Waals surface area contributed by atoms with Crippen LogP contribution in [0.4, 0.5) is 14.5 Å². The third-order valence-corrected chi connectivity index (χ3v) is 2.73. The van der Waals surface area contributed by atoms with Gasteiger partial charge in [-0.1, -0.05) is 13.8 Å². The summed E-state index contributed by atoms with van der Waals surface area (Å²) in [4.78, 5) is 0.615. The molecule has 78 valence electrons. The van der Waals surface area contributed by atoms with E-state index in [1.54, 1.807) is 12.1 Å². The zero-order valence-electron chi connectivity index (χ0n) is 8.13. The lowest BCUT2D eigenvalue weighted by molar-refractivity contribution is 0.148. The quantitative estimate of drug-likeness (QED) is 0.617. The summed E-state index contributed by atoms with van der Waals surface area (Å²) in [5.74, 6) is 0. The van der Waals surface area contributed by atoms with Crippen molar-refractivity contribution < 1.29 is 8.78 Å². The Morgan fingerprint density at radius 1 is 1.29 bits per heavy atom. The van der Waals surface area contributed by atoms with E-state index >= 15 is 0 Å². The first-order chi connectivity index (χ1) is 6.50. The second-order valence-corrected chi connectivity index (χ2v) is 4.88. The maximum absolute atomic E-state index is 12.6. The van der Waals surface area contributed by atoms with Crippen LogP contribution in [0.2, 0.25) is 0 Å². The van der Waals surface area contributed by atoms with E-state index in [9.17, 15) is 8.78 Å². The molecular weight excluding hydrogens is 204 g/mol. The molecule has 14 heavy (non-hydrogen) atoms. The average molecular weight is 217 g/mol. The van der Waals surface area contributed by atoms with Crippen LogP contribution in [0.25, 0.3) is 0 Å². The van der Waals surface area contributed by atoms with Crippen molar-refractivity contribution in [2.45, 2.75) is 30.4 Å². The van der Waals surface area contributed by atoms with Gasteiger partial charge in [-0.05, 0) is 18.2 Å². The molecule has 2 N–H and O–H groups in total. The molecular formula is C10H13F2NS. The highest BCUT2D eigenvalue weighted by molar-refractivity contribution is 8.00.